The van der Waals surface area contributed by atoms with Gasteiger partial charge >= 0.3 is 0 Å². The Hall–Kier alpha value is -1.72. The highest BCUT2D eigenvalue weighted by Gasteiger charge is 2.13. The van der Waals surface area contributed by atoms with E-state index in [0.29, 0.717) is 19.5 Å². The fraction of sp³-hybridized carbons (Fsp3) is 0.476. The summed E-state index contributed by atoms with van der Waals surface area (Å²) in [5.74, 6) is 0.818. The van der Waals surface area contributed by atoms with E-state index >= 15 is 0 Å². The highest BCUT2D eigenvalue weighted by Crippen LogP contribution is 2.21. The SMILES string of the molecule is CCCC(=O)Nc1cccc(CNC(=NC)N(C)Cc2csc(C(C)OC)n2)c1.I. The van der Waals surface area contributed by atoms with Crippen LogP contribution in [0.15, 0.2) is 34.6 Å². The van der Waals surface area contributed by atoms with Crippen molar-refractivity contribution < 1.29 is 9.53 Å². The second-order valence-electron chi connectivity index (χ2n) is 6.81. The summed E-state index contributed by atoms with van der Waals surface area (Å²) in [6.45, 7) is 5.25. The number of guanidine groups is 1. The van der Waals surface area contributed by atoms with Gasteiger partial charge in [0, 0.05) is 45.2 Å². The van der Waals surface area contributed by atoms with Crippen molar-refractivity contribution in [2.24, 2.45) is 4.99 Å². The van der Waals surface area contributed by atoms with Gasteiger partial charge in [-0.25, -0.2) is 4.98 Å². The first-order valence-electron chi connectivity index (χ1n) is 9.74. The van der Waals surface area contributed by atoms with Gasteiger partial charge in [-0.1, -0.05) is 19.1 Å². The topological polar surface area (TPSA) is 78.9 Å². The monoisotopic (exact) mass is 545 g/mol. The molecule has 0 fully saturated rings. The van der Waals surface area contributed by atoms with Crippen molar-refractivity contribution in [2.75, 3.05) is 26.5 Å². The molecule has 9 heteroatoms. The molecule has 0 saturated heterocycles. The second kappa shape index (κ2) is 13.6. The number of aliphatic imine (C=N–C) groups is 1. The Balaban J connectivity index is 0.00000450. The quantitative estimate of drug-likeness (QED) is 0.277. The van der Waals surface area contributed by atoms with Crippen molar-refractivity contribution in [3.05, 3.63) is 45.9 Å². The van der Waals surface area contributed by atoms with Crippen LogP contribution in [0.5, 0.6) is 0 Å². The zero-order valence-corrected chi connectivity index (χ0v) is 21.4. The Morgan fingerprint density at radius 1 is 1.40 bits per heavy atom. The smallest absolute Gasteiger partial charge is 0.224 e. The number of carbonyl (C=O) groups is 1. The molecule has 0 spiro atoms. The summed E-state index contributed by atoms with van der Waals surface area (Å²) in [7, 11) is 5.43. The minimum Gasteiger partial charge on any atom is -0.375 e. The summed E-state index contributed by atoms with van der Waals surface area (Å²) < 4.78 is 5.33. The summed E-state index contributed by atoms with van der Waals surface area (Å²) in [6, 6.07) is 7.85. The molecule has 2 rings (SSSR count). The van der Waals surface area contributed by atoms with Crippen LogP contribution in [0.2, 0.25) is 0 Å². The number of hydrogen-bond donors (Lipinski definition) is 2. The van der Waals surface area contributed by atoms with Gasteiger partial charge in [-0.05, 0) is 31.0 Å². The van der Waals surface area contributed by atoms with Gasteiger partial charge in [-0.15, -0.1) is 35.3 Å². The van der Waals surface area contributed by atoms with E-state index in [-0.39, 0.29) is 36.0 Å². The maximum atomic E-state index is 11.8. The van der Waals surface area contributed by atoms with Crippen LogP contribution in [0.3, 0.4) is 0 Å². The van der Waals surface area contributed by atoms with E-state index in [2.05, 4.69) is 26.0 Å². The molecule has 7 nitrogen and oxygen atoms in total. The maximum Gasteiger partial charge on any atom is 0.224 e. The average molecular weight is 545 g/mol. The van der Waals surface area contributed by atoms with Crippen LogP contribution in [0, 0.1) is 0 Å². The molecule has 1 aromatic heterocycles. The van der Waals surface area contributed by atoms with Gasteiger partial charge in [-0.3, -0.25) is 9.79 Å². The van der Waals surface area contributed by atoms with E-state index in [1.807, 2.05) is 50.1 Å². The first-order valence-corrected chi connectivity index (χ1v) is 10.6. The lowest BCUT2D eigenvalue weighted by atomic mass is 10.2. The number of halogens is 1. The molecule has 1 amide bonds. The fourth-order valence-electron chi connectivity index (χ4n) is 2.78. The Kier molecular flexibility index (Phi) is 11.9. The average Bonchev–Trinajstić information content (AvgIpc) is 3.16. The predicted octanol–water partition coefficient (Wildman–Crippen LogP) is 4.41. The Morgan fingerprint density at radius 3 is 2.83 bits per heavy atom. The zero-order valence-electron chi connectivity index (χ0n) is 18.3. The van der Waals surface area contributed by atoms with E-state index in [1.54, 1.807) is 25.5 Å². The molecular weight excluding hydrogens is 513 g/mol. The number of aromatic nitrogens is 1. The molecule has 0 radical (unpaired) electrons. The van der Waals surface area contributed by atoms with E-state index in [0.717, 1.165) is 34.3 Å². The summed E-state index contributed by atoms with van der Waals surface area (Å²) in [5.41, 5.74) is 2.87. The van der Waals surface area contributed by atoms with Gasteiger partial charge in [0.25, 0.3) is 0 Å². The molecule has 30 heavy (non-hydrogen) atoms. The van der Waals surface area contributed by atoms with Crippen LogP contribution in [0.25, 0.3) is 0 Å². The standard InChI is InChI=1S/C21H31N5O2S.HI/c1-6-8-19(27)24-17-10-7-9-16(11-17)12-23-21(22-3)26(4)13-18-14-29-20(25-18)15(2)28-5;/h7,9-11,14-15H,6,8,12-13H2,1-5H3,(H,22,23)(H,24,27);1H. The van der Waals surface area contributed by atoms with Crippen LogP contribution >= 0.6 is 35.3 Å². The van der Waals surface area contributed by atoms with Gasteiger partial charge < -0.3 is 20.3 Å². The normalized spacial score (nSPS) is 12.1. The molecule has 0 aliphatic carbocycles. The molecule has 1 heterocycles. The van der Waals surface area contributed by atoms with Crippen LogP contribution in [-0.2, 0) is 22.6 Å². The maximum absolute atomic E-state index is 11.8. The molecule has 0 aliphatic heterocycles. The summed E-state index contributed by atoms with van der Waals surface area (Å²) in [4.78, 5) is 22.8. The van der Waals surface area contributed by atoms with Crippen LogP contribution in [0.1, 0.15) is 49.1 Å². The number of thiazole rings is 1. The molecule has 0 aliphatic rings. The number of nitrogens with one attached hydrogen (secondary N) is 2. The van der Waals surface area contributed by atoms with Crippen molar-refractivity contribution in [1.82, 2.24) is 15.2 Å². The predicted molar refractivity (Wildman–Crippen MR) is 135 cm³/mol. The molecule has 2 N–H and O–H groups in total. The second-order valence-corrected chi connectivity index (χ2v) is 7.70. The first kappa shape index (κ1) is 26.3. The number of methoxy groups -OCH3 is 1. The number of anilines is 1. The van der Waals surface area contributed by atoms with Crippen LogP contribution in [-0.4, -0.2) is 43.0 Å². The highest BCUT2D eigenvalue weighted by molar-refractivity contribution is 14.0. The van der Waals surface area contributed by atoms with Gasteiger partial charge in [-0.2, -0.15) is 0 Å². The number of rotatable bonds is 9. The Morgan fingerprint density at radius 2 is 2.17 bits per heavy atom. The Bertz CT molecular complexity index is 827. The molecule has 1 aromatic carbocycles. The van der Waals surface area contributed by atoms with Crippen LogP contribution in [0.4, 0.5) is 5.69 Å². The molecule has 0 bridgehead atoms. The van der Waals surface area contributed by atoms with Gasteiger partial charge in [0.2, 0.25) is 5.91 Å². The summed E-state index contributed by atoms with van der Waals surface area (Å²) in [6.07, 6.45) is 1.36. The molecular formula is C21H32IN5O2S. The highest BCUT2D eigenvalue weighted by atomic mass is 127. The summed E-state index contributed by atoms with van der Waals surface area (Å²) in [5, 5.41) is 9.32. The summed E-state index contributed by atoms with van der Waals surface area (Å²) >= 11 is 1.61. The lowest BCUT2D eigenvalue weighted by Crippen LogP contribution is -2.38. The Labute approximate surface area is 200 Å². The third kappa shape index (κ3) is 8.19. The largest absolute Gasteiger partial charge is 0.375 e. The van der Waals surface area contributed by atoms with Crippen molar-refractivity contribution in [3.63, 3.8) is 0 Å². The van der Waals surface area contributed by atoms with Crippen molar-refractivity contribution in [3.8, 4) is 0 Å². The number of carbonyl (C=O) groups excluding carboxylic acids is 1. The zero-order chi connectivity index (χ0) is 21.2. The van der Waals surface area contributed by atoms with Gasteiger partial charge in [0.15, 0.2) is 5.96 Å². The lowest BCUT2D eigenvalue weighted by molar-refractivity contribution is -0.116. The first-order chi connectivity index (χ1) is 14.0. The molecule has 0 saturated carbocycles. The number of hydrogen-bond acceptors (Lipinski definition) is 5. The minimum atomic E-state index is 0. The van der Waals surface area contributed by atoms with Crippen molar-refractivity contribution >= 4 is 52.9 Å². The molecule has 166 valence electrons. The van der Waals surface area contributed by atoms with E-state index < -0.39 is 0 Å². The van der Waals surface area contributed by atoms with E-state index in [4.69, 9.17) is 4.74 Å². The third-order valence-corrected chi connectivity index (χ3v) is 5.44. The van der Waals surface area contributed by atoms with Gasteiger partial charge in [0.1, 0.15) is 11.1 Å². The third-order valence-electron chi connectivity index (χ3n) is 4.38. The van der Waals surface area contributed by atoms with Gasteiger partial charge in [0.05, 0.1) is 12.2 Å². The van der Waals surface area contributed by atoms with Crippen molar-refractivity contribution in [2.45, 2.75) is 45.9 Å². The van der Waals surface area contributed by atoms with Crippen LogP contribution < -0.4 is 10.6 Å². The van der Waals surface area contributed by atoms with Crippen molar-refractivity contribution in [1.29, 1.82) is 0 Å². The fourth-order valence-corrected chi connectivity index (χ4v) is 3.62. The number of ether oxygens (including phenoxy) is 1. The minimum absolute atomic E-state index is 0. The number of benzene rings is 1. The number of nitrogens with zero attached hydrogens (tertiary/aromatic N) is 3. The molecule has 2 aromatic rings. The van der Waals surface area contributed by atoms with E-state index in [1.165, 1.54) is 0 Å². The molecule has 1 atom stereocenters. The van der Waals surface area contributed by atoms with E-state index in [9.17, 15) is 4.79 Å². The lowest BCUT2D eigenvalue weighted by Gasteiger charge is -2.21. The molecule has 1 unspecified atom stereocenters. The number of amides is 1.